The van der Waals surface area contributed by atoms with Gasteiger partial charge in [-0.25, -0.2) is 4.79 Å². The van der Waals surface area contributed by atoms with Crippen LogP contribution in [0.5, 0.6) is 17.2 Å². The maximum Gasteiger partial charge on any atom is 0.336 e. The summed E-state index contributed by atoms with van der Waals surface area (Å²) in [6.45, 7) is 2.41. The first-order valence-electron chi connectivity index (χ1n) is 9.63. The molecule has 0 bridgehead atoms. The van der Waals surface area contributed by atoms with Gasteiger partial charge in [0.2, 0.25) is 0 Å². The van der Waals surface area contributed by atoms with E-state index < -0.39 is 11.9 Å². The molecule has 0 aliphatic rings. The third-order valence-electron chi connectivity index (χ3n) is 4.15. The van der Waals surface area contributed by atoms with Gasteiger partial charge in [-0.05, 0) is 42.3 Å². The third kappa shape index (κ3) is 6.75. The fourth-order valence-corrected chi connectivity index (χ4v) is 2.61. The normalized spacial score (nSPS) is 11.0. The summed E-state index contributed by atoms with van der Waals surface area (Å²) in [4.78, 5) is 24.3. The molecule has 0 aliphatic carbocycles. The number of benzene rings is 2. The number of esters is 1. The van der Waals surface area contributed by atoms with Crippen LogP contribution in [0.3, 0.4) is 0 Å². The molecule has 0 fully saturated rings. The molecule has 0 aromatic heterocycles. The van der Waals surface area contributed by atoms with Crippen LogP contribution in [0, 0.1) is 11.3 Å². The summed E-state index contributed by atoms with van der Waals surface area (Å²) in [6, 6.07) is 13.9. The lowest BCUT2D eigenvalue weighted by molar-refractivity contribution is -0.129. The van der Waals surface area contributed by atoms with Gasteiger partial charge in [-0.3, -0.25) is 4.79 Å². The van der Waals surface area contributed by atoms with Crippen molar-refractivity contribution in [3.8, 4) is 23.3 Å². The minimum atomic E-state index is -0.593. The number of ether oxygens (including phenoxy) is 3. The molecule has 0 spiro atoms. The number of nitrogens with one attached hydrogen (secondary N) is 1. The second-order valence-electron chi connectivity index (χ2n) is 6.33. The van der Waals surface area contributed by atoms with Crippen LogP contribution in [-0.2, 0) is 9.59 Å². The monoisotopic (exact) mass is 420 g/mol. The van der Waals surface area contributed by atoms with Crippen molar-refractivity contribution in [2.24, 2.45) is 0 Å². The largest absolute Gasteiger partial charge is 0.496 e. The molecule has 0 saturated heterocycles. The number of methoxy groups -OCH3 is 2. The van der Waals surface area contributed by atoms with Crippen LogP contribution in [0.15, 0.2) is 54.1 Å². The van der Waals surface area contributed by atoms with E-state index in [1.165, 1.54) is 19.3 Å². The van der Waals surface area contributed by atoms with Crippen LogP contribution in [0.4, 0.5) is 0 Å². The maximum absolute atomic E-state index is 12.2. The van der Waals surface area contributed by atoms with Gasteiger partial charge in [-0.15, -0.1) is 0 Å². The van der Waals surface area contributed by atoms with Crippen LogP contribution in [0.2, 0.25) is 0 Å². The standard InChI is InChI=1S/C24H24N2O5/c1-4-13-26-24(28)19(16-25)14-17-9-11-21(22(15-17)30-3)31-23(27)12-10-18-7-5-6-8-20(18)29-2/h5-12,14-15H,4,13H2,1-3H3,(H,26,28)/b12-10+,19-14+. The average Bonchev–Trinajstić information content (AvgIpc) is 2.80. The summed E-state index contributed by atoms with van der Waals surface area (Å²) in [5.74, 6) is 0.100. The molecular formula is C24H24N2O5. The lowest BCUT2D eigenvalue weighted by Gasteiger charge is -2.09. The smallest absolute Gasteiger partial charge is 0.336 e. The Labute approximate surface area is 181 Å². The molecule has 2 aromatic rings. The quantitative estimate of drug-likeness (QED) is 0.287. The Hall–Kier alpha value is -4.05. The van der Waals surface area contributed by atoms with E-state index in [0.29, 0.717) is 23.6 Å². The lowest BCUT2D eigenvalue weighted by Crippen LogP contribution is -2.25. The topological polar surface area (TPSA) is 97.7 Å². The number of hydrogen-bond donors (Lipinski definition) is 1. The molecule has 7 nitrogen and oxygen atoms in total. The molecule has 1 amide bonds. The van der Waals surface area contributed by atoms with Crippen LogP contribution in [0.1, 0.15) is 24.5 Å². The molecule has 0 heterocycles. The van der Waals surface area contributed by atoms with Gasteiger partial charge in [0.05, 0.1) is 14.2 Å². The second-order valence-corrected chi connectivity index (χ2v) is 6.33. The average molecular weight is 420 g/mol. The summed E-state index contributed by atoms with van der Waals surface area (Å²) in [7, 11) is 2.99. The molecule has 2 aromatic carbocycles. The third-order valence-corrected chi connectivity index (χ3v) is 4.15. The van der Waals surface area contributed by atoms with Crippen molar-refractivity contribution < 1.29 is 23.8 Å². The van der Waals surface area contributed by atoms with Crippen LogP contribution >= 0.6 is 0 Å². The zero-order valence-corrected chi connectivity index (χ0v) is 17.7. The molecule has 31 heavy (non-hydrogen) atoms. The summed E-state index contributed by atoms with van der Waals surface area (Å²) < 4.78 is 15.9. The number of nitrogens with zero attached hydrogens (tertiary/aromatic N) is 1. The first-order valence-corrected chi connectivity index (χ1v) is 9.63. The minimum absolute atomic E-state index is 0.0278. The van der Waals surface area contributed by atoms with Gasteiger partial charge >= 0.3 is 5.97 Å². The van der Waals surface area contributed by atoms with E-state index >= 15 is 0 Å². The molecule has 1 N–H and O–H groups in total. The van der Waals surface area contributed by atoms with Crippen molar-refractivity contribution in [2.75, 3.05) is 20.8 Å². The van der Waals surface area contributed by atoms with Crippen LogP contribution in [-0.4, -0.2) is 32.6 Å². The van der Waals surface area contributed by atoms with E-state index in [2.05, 4.69) is 5.32 Å². The Morgan fingerprint density at radius 1 is 1.06 bits per heavy atom. The van der Waals surface area contributed by atoms with Crippen molar-refractivity contribution in [2.45, 2.75) is 13.3 Å². The summed E-state index contributed by atoms with van der Waals surface area (Å²) in [6.07, 6.45) is 5.10. The van der Waals surface area contributed by atoms with Crippen molar-refractivity contribution in [3.63, 3.8) is 0 Å². The minimum Gasteiger partial charge on any atom is -0.496 e. The highest BCUT2D eigenvalue weighted by Gasteiger charge is 2.12. The molecule has 0 radical (unpaired) electrons. The van der Waals surface area contributed by atoms with Crippen molar-refractivity contribution in [1.29, 1.82) is 5.26 Å². The molecule has 160 valence electrons. The van der Waals surface area contributed by atoms with Gasteiger partial charge in [-0.1, -0.05) is 31.2 Å². The highest BCUT2D eigenvalue weighted by Crippen LogP contribution is 2.29. The number of rotatable bonds is 9. The van der Waals surface area contributed by atoms with Crippen LogP contribution in [0.25, 0.3) is 12.2 Å². The zero-order valence-electron chi connectivity index (χ0n) is 17.7. The summed E-state index contributed by atoms with van der Waals surface area (Å²) in [5, 5.41) is 11.9. The van der Waals surface area contributed by atoms with Gasteiger partial charge in [-0.2, -0.15) is 5.26 Å². The molecule has 0 unspecified atom stereocenters. The lowest BCUT2D eigenvalue weighted by atomic mass is 10.1. The SMILES string of the molecule is CCCNC(=O)/C(C#N)=C/c1ccc(OC(=O)/C=C/c2ccccc2OC)c(OC)c1. The summed E-state index contributed by atoms with van der Waals surface area (Å²) >= 11 is 0. The van der Waals surface area contributed by atoms with Gasteiger partial charge in [0.25, 0.3) is 5.91 Å². The predicted molar refractivity (Wildman–Crippen MR) is 118 cm³/mol. The molecule has 0 saturated carbocycles. The number of nitriles is 1. The highest BCUT2D eigenvalue weighted by atomic mass is 16.6. The van der Waals surface area contributed by atoms with E-state index in [0.717, 1.165) is 12.0 Å². The fourth-order valence-electron chi connectivity index (χ4n) is 2.61. The van der Waals surface area contributed by atoms with E-state index in [4.69, 9.17) is 14.2 Å². The van der Waals surface area contributed by atoms with Gasteiger partial charge in [0, 0.05) is 18.2 Å². The van der Waals surface area contributed by atoms with E-state index in [-0.39, 0.29) is 11.3 Å². The van der Waals surface area contributed by atoms with E-state index in [9.17, 15) is 14.9 Å². The molecule has 2 rings (SSSR count). The zero-order chi connectivity index (χ0) is 22.6. The molecule has 0 atom stereocenters. The second kappa shape index (κ2) is 11.8. The predicted octanol–water partition coefficient (Wildman–Crippen LogP) is 3.76. The Morgan fingerprint density at radius 2 is 1.81 bits per heavy atom. The molecule has 7 heteroatoms. The number of para-hydroxylation sites is 1. The van der Waals surface area contributed by atoms with Gasteiger partial charge in [0.15, 0.2) is 11.5 Å². The van der Waals surface area contributed by atoms with Crippen molar-refractivity contribution >= 4 is 24.0 Å². The Bertz CT molecular complexity index is 1030. The molecular weight excluding hydrogens is 396 g/mol. The number of carbonyl (C=O) groups is 2. The first kappa shape index (κ1) is 23.2. The van der Waals surface area contributed by atoms with E-state index in [1.807, 2.05) is 31.2 Å². The van der Waals surface area contributed by atoms with Gasteiger partial charge in [0.1, 0.15) is 17.4 Å². The van der Waals surface area contributed by atoms with Crippen molar-refractivity contribution in [3.05, 3.63) is 65.2 Å². The fraction of sp³-hybridized carbons (Fsp3) is 0.208. The highest BCUT2D eigenvalue weighted by molar-refractivity contribution is 6.01. The van der Waals surface area contributed by atoms with Gasteiger partial charge < -0.3 is 19.5 Å². The van der Waals surface area contributed by atoms with Crippen molar-refractivity contribution in [1.82, 2.24) is 5.32 Å². The maximum atomic E-state index is 12.2. The first-order chi connectivity index (χ1) is 15.0. The Kier molecular flexibility index (Phi) is 8.87. The number of carbonyl (C=O) groups excluding carboxylic acids is 2. The van der Waals surface area contributed by atoms with E-state index in [1.54, 1.807) is 37.5 Å². The summed E-state index contributed by atoms with van der Waals surface area (Å²) in [5.41, 5.74) is 1.27. The van der Waals surface area contributed by atoms with Crippen LogP contribution < -0.4 is 19.5 Å². The number of hydrogen-bond acceptors (Lipinski definition) is 6. The Balaban J connectivity index is 2.17. The molecule has 0 aliphatic heterocycles. The number of amides is 1. The Morgan fingerprint density at radius 3 is 2.48 bits per heavy atom.